The van der Waals surface area contributed by atoms with E-state index < -0.39 is 0 Å². The van der Waals surface area contributed by atoms with Crippen LogP contribution in [-0.4, -0.2) is 32.0 Å². The minimum Gasteiger partial charge on any atom is -0.381 e. The summed E-state index contributed by atoms with van der Waals surface area (Å²) in [6, 6.07) is 0. The smallest absolute Gasteiger partial charge is 0.247 e. The molecule has 2 aliphatic heterocycles. The van der Waals surface area contributed by atoms with Gasteiger partial charge in [-0.1, -0.05) is 0 Å². The SMILES string of the molecule is O=C(NO[C@H]1CCCCO1)[C@@H]1CC12CCOCC2. The summed E-state index contributed by atoms with van der Waals surface area (Å²) in [6.45, 7) is 2.30. The molecule has 1 aliphatic carbocycles. The molecule has 2 atom stereocenters. The van der Waals surface area contributed by atoms with E-state index >= 15 is 0 Å². The first-order chi connectivity index (χ1) is 8.80. The number of carbonyl (C=O) groups is 1. The molecule has 18 heavy (non-hydrogen) atoms. The molecule has 2 heterocycles. The Balaban J connectivity index is 1.42. The molecular weight excluding hydrogens is 234 g/mol. The van der Waals surface area contributed by atoms with Gasteiger partial charge in [-0.25, -0.2) is 10.3 Å². The van der Waals surface area contributed by atoms with Gasteiger partial charge in [0.15, 0.2) is 6.29 Å². The van der Waals surface area contributed by atoms with Crippen molar-refractivity contribution >= 4 is 5.91 Å². The van der Waals surface area contributed by atoms with Crippen LogP contribution in [0.4, 0.5) is 0 Å². The average molecular weight is 255 g/mol. The molecule has 0 aromatic carbocycles. The van der Waals surface area contributed by atoms with Crippen LogP contribution in [0.1, 0.15) is 38.5 Å². The van der Waals surface area contributed by atoms with Gasteiger partial charge in [-0.05, 0) is 37.5 Å². The maximum Gasteiger partial charge on any atom is 0.247 e. The van der Waals surface area contributed by atoms with E-state index in [9.17, 15) is 4.79 Å². The fraction of sp³-hybridized carbons (Fsp3) is 0.923. The van der Waals surface area contributed by atoms with Gasteiger partial charge in [0.05, 0.1) is 0 Å². The standard InChI is InChI=1S/C13H21NO4/c15-12(14-18-11-3-1-2-6-17-11)10-9-13(10)4-7-16-8-5-13/h10-11H,1-9H2,(H,14,15)/t10-,11-/m0/s1. The summed E-state index contributed by atoms with van der Waals surface area (Å²) in [4.78, 5) is 17.3. The second-order valence-electron chi connectivity index (χ2n) is 5.61. The van der Waals surface area contributed by atoms with Gasteiger partial charge in [-0.2, -0.15) is 0 Å². The second kappa shape index (κ2) is 5.15. The number of ether oxygens (including phenoxy) is 2. The second-order valence-corrected chi connectivity index (χ2v) is 5.61. The topological polar surface area (TPSA) is 56.8 Å². The van der Waals surface area contributed by atoms with Crippen molar-refractivity contribution in [3.8, 4) is 0 Å². The first-order valence-corrected chi connectivity index (χ1v) is 6.95. The van der Waals surface area contributed by atoms with Crippen LogP contribution in [0, 0.1) is 11.3 Å². The molecule has 0 unspecified atom stereocenters. The van der Waals surface area contributed by atoms with Crippen molar-refractivity contribution in [2.45, 2.75) is 44.8 Å². The van der Waals surface area contributed by atoms with Crippen molar-refractivity contribution in [3.05, 3.63) is 0 Å². The van der Waals surface area contributed by atoms with Gasteiger partial charge in [0.1, 0.15) is 0 Å². The number of amides is 1. The Labute approximate surface area is 107 Å². The maximum atomic E-state index is 12.0. The molecule has 1 saturated carbocycles. The van der Waals surface area contributed by atoms with E-state index in [0.717, 1.165) is 58.3 Å². The Morgan fingerprint density at radius 3 is 2.78 bits per heavy atom. The minimum atomic E-state index is -0.257. The molecule has 3 aliphatic rings. The zero-order valence-corrected chi connectivity index (χ0v) is 10.7. The molecule has 1 amide bonds. The predicted molar refractivity (Wildman–Crippen MR) is 63.4 cm³/mol. The molecule has 1 N–H and O–H groups in total. The Morgan fingerprint density at radius 1 is 1.22 bits per heavy atom. The fourth-order valence-electron chi connectivity index (χ4n) is 3.05. The molecule has 0 aromatic rings. The zero-order chi connectivity index (χ0) is 12.4. The van der Waals surface area contributed by atoms with Crippen molar-refractivity contribution in [2.75, 3.05) is 19.8 Å². The number of hydrogen-bond acceptors (Lipinski definition) is 4. The van der Waals surface area contributed by atoms with E-state index in [2.05, 4.69) is 5.48 Å². The summed E-state index contributed by atoms with van der Waals surface area (Å²) < 4.78 is 10.8. The van der Waals surface area contributed by atoms with Crippen molar-refractivity contribution in [3.63, 3.8) is 0 Å². The van der Waals surface area contributed by atoms with Crippen LogP contribution in [0.25, 0.3) is 0 Å². The quantitative estimate of drug-likeness (QED) is 0.774. The molecule has 3 fully saturated rings. The molecule has 1 spiro atoms. The van der Waals surface area contributed by atoms with E-state index in [4.69, 9.17) is 14.3 Å². The Morgan fingerprint density at radius 2 is 2.06 bits per heavy atom. The summed E-state index contributed by atoms with van der Waals surface area (Å²) in [5.74, 6) is 0.135. The largest absolute Gasteiger partial charge is 0.381 e. The van der Waals surface area contributed by atoms with Crippen molar-refractivity contribution < 1.29 is 19.1 Å². The van der Waals surface area contributed by atoms with Gasteiger partial charge in [-0.3, -0.25) is 4.79 Å². The van der Waals surface area contributed by atoms with Crippen LogP contribution in [0.3, 0.4) is 0 Å². The van der Waals surface area contributed by atoms with E-state index in [1.54, 1.807) is 0 Å². The van der Waals surface area contributed by atoms with Crippen LogP contribution in [-0.2, 0) is 19.1 Å². The average Bonchev–Trinajstić information content (AvgIpc) is 3.12. The van der Waals surface area contributed by atoms with Crippen molar-refractivity contribution in [2.24, 2.45) is 11.3 Å². The first kappa shape index (κ1) is 12.4. The maximum absolute atomic E-state index is 12.0. The van der Waals surface area contributed by atoms with Gasteiger partial charge in [0, 0.05) is 32.2 Å². The highest BCUT2D eigenvalue weighted by molar-refractivity contribution is 5.81. The molecule has 3 rings (SSSR count). The summed E-state index contributed by atoms with van der Waals surface area (Å²) in [5.41, 5.74) is 2.79. The predicted octanol–water partition coefficient (Wildman–Crippen LogP) is 1.38. The molecule has 0 bridgehead atoms. The Kier molecular flexibility index (Phi) is 3.54. The lowest BCUT2D eigenvalue weighted by molar-refractivity contribution is -0.201. The third kappa shape index (κ3) is 2.53. The van der Waals surface area contributed by atoms with E-state index in [1.165, 1.54) is 0 Å². The normalized spacial score (nSPS) is 34.2. The highest BCUT2D eigenvalue weighted by Crippen LogP contribution is 2.59. The van der Waals surface area contributed by atoms with Crippen LogP contribution in [0.5, 0.6) is 0 Å². The lowest BCUT2D eigenvalue weighted by Gasteiger charge is -2.24. The molecule has 2 saturated heterocycles. The third-order valence-electron chi connectivity index (χ3n) is 4.42. The lowest BCUT2D eigenvalue weighted by Crippen LogP contribution is -2.35. The van der Waals surface area contributed by atoms with E-state index in [-0.39, 0.29) is 23.5 Å². The van der Waals surface area contributed by atoms with E-state index in [1.807, 2.05) is 0 Å². The number of nitrogens with one attached hydrogen (secondary N) is 1. The van der Waals surface area contributed by atoms with Gasteiger partial charge in [0.2, 0.25) is 5.91 Å². The first-order valence-electron chi connectivity index (χ1n) is 6.95. The number of hydroxylamine groups is 1. The lowest BCUT2D eigenvalue weighted by atomic mass is 9.94. The summed E-state index contributed by atoms with van der Waals surface area (Å²) in [5, 5.41) is 0. The molecule has 0 radical (unpaired) electrons. The molecule has 5 heteroatoms. The molecular formula is C13H21NO4. The number of rotatable bonds is 3. The highest BCUT2D eigenvalue weighted by atomic mass is 16.8. The Bertz CT molecular complexity index is 308. The van der Waals surface area contributed by atoms with Crippen LogP contribution in [0.15, 0.2) is 0 Å². The van der Waals surface area contributed by atoms with Gasteiger partial charge in [-0.15, -0.1) is 0 Å². The Hall–Kier alpha value is -0.650. The number of hydrogen-bond donors (Lipinski definition) is 1. The zero-order valence-electron chi connectivity index (χ0n) is 10.7. The van der Waals surface area contributed by atoms with Crippen LogP contribution >= 0.6 is 0 Å². The molecule has 5 nitrogen and oxygen atoms in total. The van der Waals surface area contributed by atoms with Gasteiger partial charge < -0.3 is 9.47 Å². The van der Waals surface area contributed by atoms with Gasteiger partial charge >= 0.3 is 0 Å². The van der Waals surface area contributed by atoms with Crippen LogP contribution in [0.2, 0.25) is 0 Å². The van der Waals surface area contributed by atoms with Crippen molar-refractivity contribution in [1.29, 1.82) is 0 Å². The van der Waals surface area contributed by atoms with Crippen LogP contribution < -0.4 is 5.48 Å². The van der Waals surface area contributed by atoms with Gasteiger partial charge in [0.25, 0.3) is 0 Å². The minimum absolute atomic E-state index is 0.0195. The monoisotopic (exact) mass is 255 g/mol. The van der Waals surface area contributed by atoms with Crippen molar-refractivity contribution in [1.82, 2.24) is 5.48 Å². The molecule has 102 valence electrons. The number of carbonyl (C=O) groups excluding carboxylic acids is 1. The highest BCUT2D eigenvalue weighted by Gasteiger charge is 2.58. The summed E-state index contributed by atoms with van der Waals surface area (Å²) in [7, 11) is 0. The fourth-order valence-corrected chi connectivity index (χ4v) is 3.05. The third-order valence-corrected chi connectivity index (χ3v) is 4.42. The summed E-state index contributed by atoms with van der Waals surface area (Å²) in [6.07, 6.45) is 5.79. The summed E-state index contributed by atoms with van der Waals surface area (Å²) >= 11 is 0. The molecule has 0 aromatic heterocycles. The van der Waals surface area contributed by atoms with E-state index in [0.29, 0.717) is 0 Å².